The van der Waals surface area contributed by atoms with E-state index in [9.17, 15) is 9.90 Å². The molecule has 2 unspecified atom stereocenters. The minimum absolute atomic E-state index is 0.399. The van der Waals surface area contributed by atoms with E-state index >= 15 is 0 Å². The number of aliphatic carboxylic acids is 1. The first-order chi connectivity index (χ1) is 11.9. The third-order valence-corrected chi connectivity index (χ3v) is 5.84. The average molecular weight is 419 g/mol. The Balaban J connectivity index is 2.18. The van der Waals surface area contributed by atoms with E-state index in [1.165, 1.54) is 0 Å². The fourth-order valence-electron chi connectivity index (χ4n) is 3.34. The van der Waals surface area contributed by atoms with Crippen molar-refractivity contribution in [1.29, 1.82) is 0 Å². The fraction of sp³-hybridized carbons (Fsp3) is 0.278. The lowest BCUT2D eigenvalue weighted by atomic mass is 9.96. The van der Waals surface area contributed by atoms with Crippen LogP contribution in [-0.2, 0) is 4.79 Å². The summed E-state index contributed by atoms with van der Waals surface area (Å²) in [5.74, 6) is -0.856. The zero-order valence-electron chi connectivity index (χ0n) is 13.1. The van der Waals surface area contributed by atoms with Gasteiger partial charge in [-0.2, -0.15) is 0 Å². The third kappa shape index (κ3) is 3.76. The van der Waals surface area contributed by atoms with Crippen molar-refractivity contribution in [3.05, 3.63) is 67.6 Å². The van der Waals surface area contributed by atoms with Gasteiger partial charge in [-0.1, -0.05) is 64.6 Å². The van der Waals surface area contributed by atoms with Crippen molar-refractivity contribution in [3.8, 4) is 0 Å². The minimum Gasteiger partial charge on any atom is -0.480 e. The molecule has 25 heavy (non-hydrogen) atoms. The Morgan fingerprint density at radius 3 is 2.52 bits per heavy atom. The molecule has 0 aromatic heterocycles. The first-order valence-electron chi connectivity index (χ1n) is 7.77. The molecular weight excluding hydrogens is 404 g/mol. The predicted molar refractivity (Wildman–Crippen MR) is 102 cm³/mol. The minimum atomic E-state index is -0.856. The average Bonchev–Trinajstić information content (AvgIpc) is 3.03. The molecule has 0 amide bonds. The van der Waals surface area contributed by atoms with Gasteiger partial charge in [0.2, 0.25) is 0 Å². The number of nitrogens with zero attached hydrogens (tertiary/aromatic N) is 1. The topological polar surface area (TPSA) is 40.5 Å². The van der Waals surface area contributed by atoms with Crippen LogP contribution in [0, 0.1) is 0 Å². The van der Waals surface area contributed by atoms with Crippen molar-refractivity contribution in [1.82, 2.24) is 4.90 Å². The lowest BCUT2D eigenvalue weighted by Gasteiger charge is -2.33. The first-order valence-corrected chi connectivity index (χ1v) is 9.28. The number of carboxylic acids is 1. The SMILES string of the molecule is O=C(O)C1CCCN1C(c1ccc(Cl)cc1Cl)c1cccc(Cl)c1Cl. The number of carbonyl (C=O) groups is 1. The molecule has 7 heteroatoms. The van der Waals surface area contributed by atoms with E-state index in [1.807, 2.05) is 17.0 Å². The summed E-state index contributed by atoms with van der Waals surface area (Å²) in [5.41, 5.74) is 1.48. The highest BCUT2D eigenvalue weighted by molar-refractivity contribution is 6.42. The molecule has 2 aromatic carbocycles. The molecule has 2 atom stereocenters. The molecule has 0 saturated carbocycles. The van der Waals surface area contributed by atoms with Crippen LogP contribution in [0.5, 0.6) is 0 Å². The van der Waals surface area contributed by atoms with Gasteiger partial charge < -0.3 is 5.11 Å². The molecule has 0 aliphatic carbocycles. The summed E-state index contributed by atoms with van der Waals surface area (Å²) in [4.78, 5) is 13.6. The molecule has 1 fully saturated rings. The van der Waals surface area contributed by atoms with Crippen LogP contribution < -0.4 is 0 Å². The number of rotatable bonds is 4. The molecule has 1 aliphatic heterocycles. The Labute approximate surface area is 166 Å². The molecule has 3 rings (SSSR count). The second kappa shape index (κ2) is 7.73. The van der Waals surface area contributed by atoms with Gasteiger partial charge in [-0.25, -0.2) is 0 Å². The smallest absolute Gasteiger partial charge is 0.320 e. The van der Waals surface area contributed by atoms with E-state index in [1.54, 1.807) is 24.3 Å². The van der Waals surface area contributed by atoms with Crippen molar-refractivity contribution in [2.75, 3.05) is 6.54 Å². The summed E-state index contributed by atoms with van der Waals surface area (Å²) in [6.07, 6.45) is 1.37. The molecule has 1 saturated heterocycles. The van der Waals surface area contributed by atoms with Crippen LogP contribution in [0.1, 0.15) is 30.0 Å². The highest BCUT2D eigenvalue weighted by atomic mass is 35.5. The molecule has 3 nitrogen and oxygen atoms in total. The van der Waals surface area contributed by atoms with Gasteiger partial charge in [0.05, 0.1) is 16.1 Å². The van der Waals surface area contributed by atoms with Crippen molar-refractivity contribution >= 4 is 52.4 Å². The highest BCUT2D eigenvalue weighted by Gasteiger charge is 2.38. The Morgan fingerprint density at radius 1 is 1.08 bits per heavy atom. The van der Waals surface area contributed by atoms with Gasteiger partial charge in [-0.05, 0) is 42.2 Å². The molecule has 1 N–H and O–H groups in total. The van der Waals surface area contributed by atoms with E-state index in [2.05, 4.69) is 0 Å². The van der Waals surface area contributed by atoms with E-state index in [-0.39, 0.29) is 0 Å². The molecule has 0 spiro atoms. The summed E-state index contributed by atoms with van der Waals surface area (Å²) in [6, 6.07) is 9.52. The zero-order chi connectivity index (χ0) is 18.1. The van der Waals surface area contributed by atoms with Crippen LogP contribution in [0.15, 0.2) is 36.4 Å². The predicted octanol–water partition coefficient (Wildman–Crippen LogP) is 5.94. The van der Waals surface area contributed by atoms with Crippen LogP contribution >= 0.6 is 46.4 Å². The van der Waals surface area contributed by atoms with Crippen molar-refractivity contribution < 1.29 is 9.90 Å². The summed E-state index contributed by atoms with van der Waals surface area (Å²) in [6.45, 7) is 0.628. The van der Waals surface area contributed by atoms with E-state index in [4.69, 9.17) is 46.4 Å². The van der Waals surface area contributed by atoms with Gasteiger partial charge in [-0.3, -0.25) is 9.69 Å². The fourth-order valence-corrected chi connectivity index (χ4v) is 4.27. The Hall–Kier alpha value is -0.970. The van der Waals surface area contributed by atoms with E-state index < -0.39 is 18.1 Å². The van der Waals surface area contributed by atoms with Gasteiger partial charge in [0.1, 0.15) is 6.04 Å². The number of likely N-dealkylation sites (tertiary alicyclic amines) is 1. The molecule has 1 heterocycles. The number of carboxylic acid groups (broad SMARTS) is 1. The molecule has 132 valence electrons. The van der Waals surface area contributed by atoms with Gasteiger partial charge >= 0.3 is 5.97 Å². The molecule has 0 bridgehead atoms. The van der Waals surface area contributed by atoms with E-state index in [0.29, 0.717) is 33.1 Å². The largest absolute Gasteiger partial charge is 0.480 e. The number of hydrogen-bond donors (Lipinski definition) is 1. The van der Waals surface area contributed by atoms with Gasteiger partial charge in [0, 0.05) is 16.6 Å². The Kier molecular flexibility index (Phi) is 5.81. The van der Waals surface area contributed by atoms with Gasteiger partial charge in [0.25, 0.3) is 0 Å². The van der Waals surface area contributed by atoms with Crippen LogP contribution in [0.2, 0.25) is 20.1 Å². The second-order valence-corrected chi connectivity index (χ2v) is 7.57. The highest BCUT2D eigenvalue weighted by Crippen LogP contribution is 2.42. The first kappa shape index (κ1) is 18.8. The number of benzene rings is 2. The second-order valence-electron chi connectivity index (χ2n) is 5.95. The maximum absolute atomic E-state index is 11.7. The van der Waals surface area contributed by atoms with Crippen LogP contribution in [0.25, 0.3) is 0 Å². The van der Waals surface area contributed by atoms with Gasteiger partial charge in [-0.15, -0.1) is 0 Å². The number of halogens is 4. The maximum Gasteiger partial charge on any atom is 0.320 e. The molecule has 0 radical (unpaired) electrons. The lowest BCUT2D eigenvalue weighted by molar-refractivity contribution is -0.142. The Morgan fingerprint density at radius 2 is 1.84 bits per heavy atom. The van der Waals surface area contributed by atoms with Crippen LogP contribution in [0.4, 0.5) is 0 Å². The van der Waals surface area contributed by atoms with Gasteiger partial charge in [0.15, 0.2) is 0 Å². The van der Waals surface area contributed by atoms with Crippen molar-refractivity contribution in [2.45, 2.75) is 24.9 Å². The van der Waals surface area contributed by atoms with Crippen molar-refractivity contribution in [2.24, 2.45) is 0 Å². The summed E-state index contributed by atoms with van der Waals surface area (Å²) >= 11 is 25.1. The van der Waals surface area contributed by atoms with Crippen LogP contribution in [0.3, 0.4) is 0 Å². The summed E-state index contributed by atoms with van der Waals surface area (Å²) in [7, 11) is 0. The summed E-state index contributed by atoms with van der Waals surface area (Å²) in [5, 5.41) is 11.4. The third-order valence-electron chi connectivity index (χ3n) is 4.44. The number of hydrogen-bond acceptors (Lipinski definition) is 2. The maximum atomic E-state index is 11.7. The van der Waals surface area contributed by atoms with Crippen molar-refractivity contribution in [3.63, 3.8) is 0 Å². The summed E-state index contributed by atoms with van der Waals surface area (Å²) < 4.78 is 0. The van der Waals surface area contributed by atoms with Crippen LogP contribution in [-0.4, -0.2) is 28.6 Å². The molecule has 1 aliphatic rings. The lowest BCUT2D eigenvalue weighted by Crippen LogP contribution is -2.39. The normalized spacial score (nSPS) is 19.1. The Bertz CT molecular complexity index is 812. The molecule has 2 aromatic rings. The standard InChI is InChI=1S/C18H15Cl4NO2/c19-10-6-7-11(14(21)9-10)17(12-3-1-4-13(20)16(12)22)23-8-2-5-15(23)18(24)25/h1,3-4,6-7,9,15,17H,2,5,8H2,(H,24,25). The quantitative estimate of drug-likeness (QED) is 0.667. The van der Waals surface area contributed by atoms with E-state index in [0.717, 1.165) is 17.5 Å². The monoisotopic (exact) mass is 417 g/mol. The molecular formula is C18H15Cl4NO2. The zero-order valence-corrected chi connectivity index (χ0v) is 16.1.